The third-order valence-corrected chi connectivity index (χ3v) is 3.99. The van der Waals surface area contributed by atoms with Crippen molar-refractivity contribution in [2.45, 2.75) is 5.88 Å². The van der Waals surface area contributed by atoms with Crippen molar-refractivity contribution in [1.82, 2.24) is 9.55 Å². The van der Waals surface area contributed by atoms with E-state index in [9.17, 15) is 4.39 Å². The van der Waals surface area contributed by atoms with Crippen LogP contribution in [0.4, 0.5) is 4.39 Å². The second-order valence-electron chi connectivity index (χ2n) is 4.23. The molecule has 0 fully saturated rings. The predicted octanol–water partition coefficient (Wildman–Crippen LogP) is 5.32. The molecule has 2 aromatic carbocycles. The SMILES string of the molecule is Fc1ccc(-n2c(CCl)nc3cc(Br)ccc32)c(Cl)c1. The number of nitrogens with zero attached hydrogens (tertiary/aromatic N) is 2. The maximum Gasteiger partial charge on any atom is 0.129 e. The van der Waals surface area contributed by atoms with E-state index in [0.29, 0.717) is 16.5 Å². The third-order valence-electron chi connectivity index (χ3n) is 2.96. The minimum Gasteiger partial charge on any atom is -0.294 e. The van der Waals surface area contributed by atoms with Crippen LogP contribution in [-0.4, -0.2) is 9.55 Å². The van der Waals surface area contributed by atoms with E-state index in [4.69, 9.17) is 23.2 Å². The largest absolute Gasteiger partial charge is 0.294 e. The predicted molar refractivity (Wildman–Crippen MR) is 83.3 cm³/mol. The van der Waals surface area contributed by atoms with Gasteiger partial charge in [0.25, 0.3) is 0 Å². The molecule has 0 saturated heterocycles. The molecule has 0 spiro atoms. The highest BCUT2D eigenvalue weighted by molar-refractivity contribution is 9.10. The summed E-state index contributed by atoms with van der Waals surface area (Å²) in [5, 5.41) is 0.318. The minimum absolute atomic E-state index is 0.236. The van der Waals surface area contributed by atoms with Crippen molar-refractivity contribution in [3.8, 4) is 5.69 Å². The van der Waals surface area contributed by atoms with Gasteiger partial charge in [-0.2, -0.15) is 0 Å². The fraction of sp³-hybridized carbons (Fsp3) is 0.0714. The lowest BCUT2D eigenvalue weighted by atomic mass is 10.2. The second-order valence-corrected chi connectivity index (χ2v) is 5.82. The van der Waals surface area contributed by atoms with Gasteiger partial charge in [0.05, 0.1) is 27.6 Å². The lowest BCUT2D eigenvalue weighted by molar-refractivity contribution is 0.627. The monoisotopic (exact) mass is 372 g/mol. The van der Waals surface area contributed by atoms with Crippen molar-refractivity contribution < 1.29 is 4.39 Å². The molecule has 2 nitrogen and oxygen atoms in total. The topological polar surface area (TPSA) is 17.8 Å². The van der Waals surface area contributed by atoms with E-state index in [-0.39, 0.29) is 11.7 Å². The summed E-state index contributed by atoms with van der Waals surface area (Å²) < 4.78 is 16.0. The Morgan fingerprint density at radius 3 is 2.70 bits per heavy atom. The summed E-state index contributed by atoms with van der Waals surface area (Å²) >= 11 is 15.5. The Morgan fingerprint density at radius 1 is 1.20 bits per heavy atom. The van der Waals surface area contributed by atoms with Gasteiger partial charge in [-0.25, -0.2) is 9.37 Å². The van der Waals surface area contributed by atoms with Crippen LogP contribution in [0.25, 0.3) is 16.7 Å². The number of hydrogen-bond acceptors (Lipinski definition) is 1. The summed E-state index contributed by atoms with van der Waals surface area (Å²) in [5.74, 6) is 0.520. The summed E-state index contributed by atoms with van der Waals surface area (Å²) in [7, 11) is 0. The van der Waals surface area contributed by atoms with Gasteiger partial charge in [-0.05, 0) is 36.4 Å². The maximum absolute atomic E-state index is 13.2. The van der Waals surface area contributed by atoms with Gasteiger partial charge < -0.3 is 0 Å². The van der Waals surface area contributed by atoms with Crippen LogP contribution in [0.15, 0.2) is 40.9 Å². The molecule has 0 amide bonds. The lowest BCUT2D eigenvalue weighted by Crippen LogP contribution is -2.00. The highest BCUT2D eigenvalue weighted by atomic mass is 79.9. The Balaban J connectivity index is 2.34. The Labute approximate surface area is 133 Å². The number of benzene rings is 2. The zero-order valence-corrected chi connectivity index (χ0v) is 13.2. The van der Waals surface area contributed by atoms with Gasteiger partial charge in [0.2, 0.25) is 0 Å². The first-order valence-electron chi connectivity index (χ1n) is 5.78. The van der Waals surface area contributed by atoms with E-state index in [1.807, 2.05) is 22.8 Å². The molecule has 0 atom stereocenters. The molecule has 3 aromatic rings. The summed E-state index contributed by atoms with van der Waals surface area (Å²) in [4.78, 5) is 4.48. The molecule has 6 heteroatoms. The van der Waals surface area contributed by atoms with E-state index in [1.54, 1.807) is 6.07 Å². The van der Waals surface area contributed by atoms with Crippen molar-refractivity contribution >= 4 is 50.2 Å². The first-order valence-corrected chi connectivity index (χ1v) is 7.49. The van der Waals surface area contributed by atoms with Gasteiger partial charge in [-0.15, -0.1) is 11.6 Å². The summed E-state index contributed by atoms with van der Waals surface area (Å²) in [6, 6.07) is 10.00. The summed E-state index contributed by atoms with van der Waals surface area (Å²) in [6.07, 6.45) is 0. The molecule has 0 N–H and O–H groups in total. The van der Waals surface area contributed by atoms with Crippen LogP contribution in [0.5, 0.6) is 0 Å². The normalized spacial score (nSPS) is 11.2. The molecule has 20 heavy (non-hydrogen) atoms. The number of fused-ring (bicyclic) bond motifs is 1. The highest BCUT2D eigenvalue weighted by Crippen LogP contribution is 2.29. The zero-order valence-electron chi connectivity index (χ0n) is 10.1. The van der Waals surface area contributed by atoms with Crippen molar-refractivity contribution in [3.63, 3.8) is 0 Å². The number of hydrogen-bond donors (Lipinski definition) is 0. The van der Waals surface area contributed by atoms with Gasteiger partial charge in [0, 0.05) is 4.47 Å². The Kier molecular flexibility index (Phi) is 3.71. The Hall–Kier alpha value is -1.10. The molecule has 0 aliphatic carbocycles. The smallest absolute Gasteiger partial charge is 0.129 e. The summed E-state index contributed by atoms with van der Waals surface area (Å²) in [6.45, 7) is 0. The van der Waals surface area contributed by atoms with Crippen LogP contribution in [0.3, 0.4) is 0 Å². The molecule has 0 bridgehead atoms. The number of alkyl halides is 1. The van der Waals surface area contributed by atoms with Gasteiger partial charge in [0.1, 0.15) is 11.6 Å². The molecular weight excluding hydrogens is 366 g/mol. The van der Waals surface area contributed by atoms with E-state index in [1.165, 1.54) is 12.1 Å². The molecule has 1 aromatic heterocycles. The van der Waals surface area contributed by atoms with E-state index in [0.717, 1.165) is 15.5 Å². The fourth-order valence-corrected chi connectivity index (χ4v) is 2.90. The van der Waals surface area contributed by atoms with E-state index < -0.39 is 0 Å². The van der Waals surface area contributed by atoms with E-state index >= 15 is 0 Å². The molecular formula is C14H8BrCl2FN2. The molecule has 0 aliphatic rings. The lowest BCUT2D eigenvalue weighted by Gasteiger charge is -2.10. The summed E-state index contributed by atoms with van der Waals surface area (Å²) in [5.41, 5.74) is 2.33. The molecule has 0 unspecified atom stereocenters. The number of aromatic nitrogens is 2. The second kappa shape index (κ2) is 5.35. The minimum atomic E-state index is -0.377. The van der Waals surface area contributed by atoms with Crippen molar-refractivity contribution in [3.05, 3.63) is 57.5 Å². The Morgan fingerprint density at radius 2 is 2.00 bits per heavy atom. The first-order chi connectivity index (χ1) is 9.60. The van der Waals surface area contributed by atoms with Gasteiger partial charge in [-0.1, -0.05) is 27.5 Å². The van der Waals surface area contributed by atoms with Crippen molar-refractivity contribution in [1.29, 1.82) is 0 Å². The maximum atomic E-state index is 13.2. The van der Waals surface area contributed by atoms with Crippen molar-refractivity contribution in [2.24, 2.45) is 0 Å². The molecule has 1 heterocycles. The number of halogens is 4. The molecule has 0 aliphatic heterocycles. The fourth-order valence-electron chi connectivity index (χ4n) is 2.12. The molecule has 102 valence electrons. The molecule has 0 radical (unpaired) electrons. The van der Waals surface area contributed by atoms with Gasteiger partial charge in [-0.3, -0.25) is 4.57 Å². The number of rotatable bonds is 2. The first kappa shape index (κ1) is 13.9. The van der Waals surface area contributed by atoms with Gasteiger partial charge >= 0.3 is 0 Å². The molecule has 3 rings (SSSR count). The van der Waals surface area contributed by atoms with Crippen molar-refractivity contribution in [2.75, 3.05) is 0 Å². The van der Waals surface area contributed by atoms with Crippen LogP contribution in [0.1, 0.15) is 5.82 Å². The Bertz CT molecular complexity index is 801. The van der Waals surface area contributed by atoms with Gasteiger partial charge in [0.15, 0.2) is 0 Å². The quantitative estimate of drug-likeness (QED) is 0.556. The van der Waals surface area contributed by atoms with Crippen LogP contribution in [0, 0.1) is 5.82 Å². The van der Waals surface area contributed by atoms with Crippen LogP contribution in [0.2, 0.25) is 5.02 Å². The standard InChI is InChI=1S/C14H8BrCl2FN2/c15-8-1-3-13-11(5-8)19-14(7-16)20(13)12-4-2-9(18)6-10(12)17/h1-6H,7H2. The van der Waals surface area contributed by atoms with Crippen LogP contribution in [-0.2, 0) is 5.88 Å². The third kappa shape index (κ3) is 2.32. The van der Waals surface area contributed by atoms with Crippen LogP contribution >= 0.6 is 39.1 Å². The van der Waals surface area contributed by atoms with E-state index in [2.05, 4.69) is 20.9 Å². The highest BCUT2D eigenvalue weighted by Gasteiger charge is 2.14. The van der Waals surface area contributed by atoms with Crippen LogP contribution < -0.4 is 0 Å². The zero-order chi connectivity index (χ0) is 14.3. The average molecular weight is 374 g/mol. The average Bonchev–Trinajstić information content (AvgIpc) is 2.76. The number of imidazole rings is 1. The molecule has 0 saturated carbocycles.